The summed E-state index contributed by atoms with van der Waals surface area (Å²) in [5.41, 5.74) is 2.20. The smallest absolute Gasteiger partial charge is 0.395 e. The Balaban J connectivity index is 1.90. The summed E-state index contributed by atoms with van der Waals surface area (Å²) in [5.74, 6) is 0.107. The molecule has 0 amide bonds. The molecule has 0 aliphatic carbocycles. The van der Waals surface area contributed by atoms with Crippen molar-refractivity contribution in [3.8, 4) is 22.8 Å². The van der Waals surface area contributed by atoms with E-state index in [4.69, 9.17) is 0 Å². The highest BCUT2D eigenvalue weighted by Crippen LogP contribution is 2.47. The Bertz CT molecular complexity index is 777. The molecule has 0 saturated heterocycles. The zero-order valence-electron chi connectivity index (χ0n) is 10.2. The van der Waals surface area contributed by atoms with E-state index < -0.39 is 6.29 Å². The summed E-state index contributed by atoms with van der Waals surface area (Å²) in [6, 6.07) is 14.4. The number of hydrogen-bond acceptors (Lipinski definition) is 2. The molecule has 2 heterocycles. The number of para-hydroxylation sites is 2. The first-order valence-corrected chi connectivity index (χ1v) is 6.09. The van der Waals surface area contributed by atoms with Crippen LogP contribution in [-0.2, 0) is 0 Å². The fourth-order valence-electron chi connectivity index (χ4n) is 2.40. The van der Waals surface area contributed by atoms with Gasteiger partial charge in [0, 0.05) is 16.5 Å². The minimum absolute atomic E-state index is 0.0474. The average Bonchev–Trinajstić information content (AvgIpc) is 2.96. The third-order valence-electron chi connectivity index (χ3n) is 3.25. The lowest BCUT2D eigenvalue weighted by Gasteiger charge is -2.06. The Morgan fingerprint density at radius 2 is 1.80 bits per heavy atom. The van der Waals surface area contributed by atoms with E-state index in [1.807, 2.05) is 30.3 Å². The normalized spacial score (nSPS) is 15.7. The van der Waals surface area contributed by atoms with Crippen LogP contribution < -0.4 is 9.47 Å². The van der Waals surface area contributed by atoms with Crippen molar-refractivity contribution in [2.24, 2.45) is 0 Å². The van der Waals surface area contributed by atoms with Crippen LogP contribution in [0.5, 0.6) is 11.5 Å². The van der Waals surface area contributed by atoms with Crippen LogP contribution in [0, 0.1) is 0 Å². The van der Waals surface area contributed by atoms with E-state index in [2.05, 4.69) is 14.5 Å². The van der Waals surface area contributed by atoms with Gasteiger partial charge in [0.05, 0.1) is 5.69 Å². The minimum atomic E-state index is -3.61. The molecule has 4 rings (SSSR count). The molecule has 1 aliphatic rings. The average molecular weight is 273 g/mol. The number of hydrogen-bond donors (Lipinski definition) is 1. The Labute approximate surface area is 112 Å². The van der Waals surface area contributed by atoms with Crippen LogP contribution in [-0.4, -0.2) is 11.3 Å². The summed E-state index contributed by atoms with van der Waals surface area (Å²) in [7, 11) is 0. The van der Waals surface area contributed by atoms with Crippen LogP contribution in [0.25, 0.3) is 22.2 Å². The first-order chi connectivity index (χ1) is 9.62. The summed E-state index contributed by atoms with van der Waals surface area (Å²) >= 11 is 0. The zero-order chi connectivity index (χ0) is 13.7. The lowest BCUT2D eigenvalue weighted by molar-refractivity contribution is -0.286. The maximum Gasteiger partial charge on any atom is 0.586 e. The van der Waals surface area contributed by atoms with Crippen molar-refractivity contribution in [3.05, 3.63) is 48.5 Å². The molecule has 0 radical (unpaired) electrons. The van der Waals surface area contributed by atoms with Crippen LogP contribution in [0.15, 0.2) is 48.5 Å². The number of aromatic nitrogens is 1. The van der Waals surface area contributed by atoms with Crippen molar-refractivity contribution in [1.82, 2.24) is 4.98 Å². The second-order valence-corrected chi connectivity index (χ2v) is 4.57. The molecule has 0 atom stereocenters. The summed E-state index contributed by atoms with van der Waals surface area (Å²) in [6.45, 7) is 0. The number of ether oxygens (including phenoxy) is 2. The minimum Gasteiger partial charge on any atom is -0.395 e. The van der Waals surface area contributed by atoms with Gasteiger partial charge in [-0.15, -0.1) is 8.78 Å². The quantitative estimate of drug-likeness (QED) is 0.722. The van der Waals surface area contributed by atoms with Gasteiger partial charge in [0.2, 0.25) is 0 Å². The monoisotopic (exact) mass is 273 g/mol. The number of halogens is 2. The number of aromatic amines is 1. The number of fused-ring (bicyclic) bond motifs is 2. The molecule has 0 spiro atoms. The second kappa shape index (κ2) is 3.72. The zero-order valence-corrected chi connectivity index (χ0v) is 10.2. The first-order valence-electron chi connectivity index (χ1n) is 6.09. The van der Waals surface area contributed by atoms with E-state index in [1.54, 1.807) is 12.1 Å². The van der Waals surface area contributed by atoms with Gasteiger partial charge in [-0.05, 0) is 24.3 Å². The molecule has 1 aliphatic heterocycles. The van der Waals surface area contributed by atoms with E-state index in [9.17, 15) is 8.78 Å². The van der Waals surface area contributed by atoms with Crippen molar-refractivity contribution < 1.29 is 18.3 Å². The van der Waals surface area contributed by atoms with Crippen LogP contribution >= 0.6 is 0 Å². The fourth-order valence-corrected chi connectivity index (χ4v) is 2.40. The van der Waals surface area contributed by atoms with Crippen molar-refractivity contribution in [2.75, 3.05) is 0 Å². The highest BCUT2D eigenvalue weighted by atomic mass is 19.3. The first kappa shape index (κ1) is 11.3. The molecule has 3 nitrogen and oxygen atoms in total. The van der Waals surface area contributed by atoms with Gasteiger partial charge in [-0.1, -0.05) is 24.3 Å². The molecule has 5 heteroatoms. The van der Waals surface area contributed by atoms with Gasteiger partial charge in [0.25, 0.3) is 0 Å². The molecular formula is C15H9F2NO2. The molecule has 20 heavy (non-hydrogen) atoms. The molecule has 100 valence electrons. The van der Waals surface area contributed by atoms with Crippen molar-refractivity contribution in [1.29, 1.82) is 0 Å². The Morgan fingerprint density at radius 1 is 0.950 bits per heavy atom. The third-order valence-corrected chi connectivity index (χ3v) is 3.25. The summed E-state index contributed by atoms with van der Waals surface area (Å²) in [4.78, 5) is 3.19. The number of nitrogens with one attached hydrogen (secondary N) is 1. The van der Waals surface area contributed by atoms with E-state index in [-0.39, 0.29) is 11.5 Å². The topological polar surface area (TPSA) is 34.2 Å². The molecule has 2 aromatic carbocycles. The maximum atomic E-state index is 13.2. The highest BCUT2D eigenvalue weighted by Gasteiger charge is 2.44. The molecule has 0 unspecified atom stereocenters. The van der Waals surface area contributed by atoms with E-state index in [0.717, 1.165) is 10.9 Å². The molecule has 1 aromatic heterocycles. The molecule has 3 aromatic rings. The standard InChI is InChI=1S/C15H9F2NO2/c16-15(17)19-13-7-3-5-10(14(13)20-15)12-8-9-4-1-2-6-11(9)18-12/h1-8,18H. The van der Waals surface area contributed by atoms with Gasteiger partial charge in [-0.2, -0.15) is 0 Å². The van der Waals surface area contributed by atoms with Crippen LogP contribution in [0.2, 0.25) is 0 Å². The largest absolute Gasteiger partial charge is 0.586 e. The molecule has 0 fully saturated rings. The fraction of sp³-hybridized carbons (Fsp3) is 0.0667. The van der Waals surface area contributed by atoms with Gasteiger partial charge in [-0.3, -0.25) is 0 Å². The molecule has 1 N–H and O–H groups in total. The highest BCUT2D eigenvalue weighted by molar-refractivity contribution is 5.87. The van der Waals surface area contributed by atoms with Crippen molar-refractivity contribution in [3.63, 3.8) is 0 Å². The summed E-state index contributed by atoms with van der Waals surface area (Å²) in [6.07, 6.45) is -3.61. The third kappa shape index (κ3) is 1.63. The Morgan fingerprint density at radius 3 is 2.65 bits per heavy atom. The maximum absolute atomic E-state index is 13.2. The van der Waals surface area contributed by atoms with Gasteiger partial charge in [0.1, 0.15) is 0 Å². The number of H-pyrrole nitrogens is 1. The lowest BCUT2D eigenvalue weighted by Crippen LogP contribution is -2.26. The van der Waals surface area contributed by atoms with E-state index >= 15 is 0 Å². The van der Waals surface area contributed by atoms with Gasteiger partial charge in [-0.25, -0.2) is 0 Å². The predicted molar refractivity (Wildman–Crippen MR) is 69.9 cm³/mol. The number of benzene rings is 2. The number of rotatable bonds is 1. The van der Waals surface area contributed by atoms with Crippen LogP contribution in [0.4, 0.5) is 8.78 Å². The summed E-state index contributed by atoms with van der Waals surface area (Å²) in [5, 5.41) is 1.01. The Hall–Kier alpha value is -2.56. The van der Waals surface area contributed by atoms with Gasteiger partial charge in [0.15, 0.2) is 11.5 Å². The second-order valence-electron chi connectivity index (χ2n) is 4.57. The number of alkyl halides is 2. The van der Waals surface area contributed by atoms with Gasteiger partial charge < -0.3 is 14.5 Å². The van der Waals surface area contributed by atoms with E-state index in [1.165, 1.54) is 6.07 Å². The predicted octanol–water partition coefficient (Wildman–Crippen LogP) is 4.16. The van der Waals surface area contributed by atoms with Crippen molar-refractivity contribution in [2.45, 2.75) is 6.29 Å². The van der Waals surface area contributed by atoms with Crippen LogP contribution in [0.3, 0.4) is 0 Å². The van der Waals surface area contributed by atoms with Crippen LogP contribution in [0.1, 0.15) is 0 Å². The summed E-state index contributed by atoms with van der Waals surface area (Å²) < 4.78 is 35.4. The molecule has 0 bridgehead atoms. The van der Waals surface area contributed by atoms with E-state index in [0.29, 0.717) is 11.3 Å². The SMILES string of the molecule is FC1(F)Oc2cccc(-c3cc4ccccc4[nH]3)c2O1. The Kier molecular flexibility index (Phi) is 2.10. The molecular weight excluding hydrogens is 264 g/mol. The van der Waals surface area contributed by atoms with Crippen molar-refractivity contribution >= 4 is 10.9 Å². The van der Waals surface area contributed by atoms with Gasteiger partial charge >= 0.3 is 6.29 Å². The molecule has 0 saturated carbocycles. The lowest BCUT2D eigenvalue weighted by atomic mass is 10.1.